The van der Waals surface area contributed by atoms with E-state index < -0.39 is 18.0 Å². The van der Waals surface area contributed by atoms with Crippen molar-refractivity contribution in [2.45, 2.75) is 12.3 Å². The quantitative estimate of drug-likeness (QED) is 0.629. The number of carbonyl (C=O) groups excluding carboxylic acids is 1. The lowest BCUT2D eigenvalue weighted by atomic mass is 10.2. The molecule has 1 heterocycles. The number of hydrogen-bond donors (Lipinski definition) is 0. The van der Waals surface area contributed by atoms with Crippen molar-refractivity contribution in [3.63, 3.8) is 0 Å². The van der Waals surface area contributed by atoms with Crippen molar-refractivity contribution in [2.24, 2.45) is 0 Å². The highest BCUT2D eigenvalue weighted by molar-refractivity contribution is 5.54. The van der Waals surface area contributed by atoms with Gasteiger partial charge in [-0.3, -0.25) is 0 Å². The second kappa shape index (κ2) is 7.94. The van der Waals surface area contributed by atoms with Crippen LogP contribution in [0.25, 0.3) is 17.1 Å². The summed E-state index contributed by atoms with van der Waals surface area (Å²) in [4.78, 5) is 12.1. The fourth-order valence-corrected chi connectivity index (χ4v) is 1.98. The van der Waals surface area contributed by atoms with E-state index in [0.717, 1.165) is 17.7 Å². The summed E-state index contributed by atoms with van der Waals surface area (Å²) in [6, 6.07) is 13.7. The molecule has 2 aromatic carbocycles. The van der Waals surface area contributed by atoms with E-state index >= 15 is 0 Å². The standard InChI is InChI=1S/C16H10F5N3O.CH2O/c17-15(18,19)16(20,21)25-13-8-6-12(7-9-13)24-10-22-14(23-24)11-4-2-1-3-5-11;1-2/h1-10H;1H2. The fraction of sp³-hybridized carbons (Fsp3) is 0.118. The van der Waals surface area contributed by atoms with E-state index in [4.69, 9.17) is 4.79 Å². The molecular weight excluding hydrogens is 373 g/mol. The van der Waals surface area contributed by atoms with Crippen LogP contribution >= 0.6 is 0 Å². The highest BCUT2D eigenvalue weighted by atomic mass is 19.4. The van der Waals surface area contributed by atoms with E-state index in [-0.39, 0.29) is 0 Å². The Balaban J connectivity index is 0.00000126. The molecule has 0 spiro atoms. The lowest BCUT2D eigenvalue weighted by Crippen LogP contribution is -2.41. The predicted octanol–water partition coefficient (Wildman–Crippen LogP) is 4.28. The Kier molecular flexibility index (Phi) is 5.88. The summed E-state index contributed by atoms with van der Waals surface area (Å²) in [5.41, 5.74) is 1.21. The molecule has 0 amide bonds. The first-order valence-corrected chi connectivity index (χ1v) is 7.26. The first-order valence-electron chi connectivity index (χ1n) is 7.26. The van der Waals surface area contributed by atoms with E-state index in [1.165, 1.54) is 23.1 Å². The van der Waals surface area contributed by atoms with Crippen LogP contribution in [-0.4, -0.2) is 33.8 Å². The number of benzene rings is 2. The molecule has 0 aliphatic carbocycles. The van der Waals surface area contributed by atoms with Crippen molar-refractivity contribution in [2.75, 3.05) is 0 Å². The Hall–Kier alpha value is -3.30. The maximum absolute atomic E-state index is 12.9. The Morgan fingerprint density at radius 1 is 0.889 bits per heavy atom. The average molecular weight is 385 g/mol. The molecule has 10 heteroatoms. The second-order valence-electron chi connectivity index (χ2n) is 4.99. The summed E-state index contributed by atoms with van der Waals surface area (Å²) in [5, 5.41) is 4.23. The van der Waals surface area contributed by atoms with Crippen LogP contribution in [0.15, 0.2) is 60.9 Å². The first kappa shape index (κ1) is 20.0. The maximum atomic E-state index is 12.9. The van der Waals surface area contributed by atoms with E-state index in [0.29, 0.717) is 11.5 Å². The Labute approximate surface area is 150 Å². The molecule has 0 unspecified atom stereocenters. The smallest absolute Gasteiger partial charge is 0.426 e. The van der Waals surface area contributed by atoms with E-state index in [2.05, 4.69) is 14.8 Å². The van der Waals surface area contributed by atoms with Gasteiger partial charge >= 0.3 is 12.3 Å². The molecule has 0 aliphatic rings. The fourth-order valence-electron chi connectivity index (χ4n) is 1.98. The molecule has 0 radical (unpaired) electrons. The molecule has 27 heavy (non-hydrogen) atoms. The topological polar surface area (TPSA) is 57.0 Å². The van der Waals surface area contributed by atoms with Gasteiger partial charge in [-0.2, -0.15) is 22.0 Å². The van der Waals surface area contributed by atoms with E-state index in [1.807, 2.05) is 37.1 Å². The van der Waals surface area contributed by atoms with Gasteiger partial charge < -0.3 is 9.53 Å². The SMILES string of the molecule is C=O.FC(F)(F)C(F)(F)Oc1ccc(-n2cnc(-c3ccccc3)n2)cc1. The zero-order chi connectivity index (χ0) is 20.1. The van der Waals surface area contributed by atoms with Crippen LogP contribution in [-0.2, 0) is 4.79 Å². The van der Waals surface area contributed by atoms with Crippen LogP contribution in [0.4, 0.5) is 22.0 Å². The molecule has 1 aromatic heterocycles. The third-order valence-corrected chi connectivity index (χ3v) is 3.20. The average Bonchev–Trinajstić information content (AvgIpc) is 3.14. The lowest BCUT2D eigenvalue weighted by molar-refractivity contribution is -0.360. The molecule has 3 rings (SSSR count). The monoisotopic (exact) mass is 385 g/mol. The van der Waals surface area contributed by atoms with Crippen molar-refractivity contribution in [3.05, 3.63) is 60.9 Å². The van der Waals surface area contributed by atoms with Gasteiger partial charge in [0.15, 0.2) is 5.82 Å². The molecule has 3 aromatic rings. The van der Waals surface area contributed by atoms with Gasteiger partial charge in [0, 0.05) is 5.56 Å². The van der Waals surface area contributed by atoms with Gasteiger partial charge in [-0.05, 0) is 24.3 Å². The Bertz CT molecular complexity index is 864. The van der Waals surface area contributed by atoms with Gasteiger partial charge in [0.2, 0.25) is 0 Å². The van der Waals surface area contributed by atoms with Crippen LogP contribution in [0.1, 0.15) is 0 Å². The van der Waals surface area contributed by atoms with Gasteiger partial charge in [-0.15, -0.1) is 5.10 Å². The molecular formula is C17H12F5N3O2. The van der Waals surface area contributed by atoms with Gasteiger partial charge in [0.1, 0.15) is 18.9 Å². The predicted molar refractivity (Wildman–Crippen MR) is 85.5 cm³/mol. The van der Waals surface area contributed by atoms with E-state index in [1.54, 1.807) is 0 Å². The van der Waals surface area contributed by atoms with Crippen molar-refractivity contribution in [1.29, 1.82) is 0 Å². The number of hydrogen-bond acceptors (Lipinski definition) is 4. The van der Waals surface area contributed by atoms with Gasteiger partial charge in [0.05, 0.1) is 5.69 Å². The number of nitrogens with zero attached hydrogens (tertiary/aromatic N) is 3. The Morgan fingerprint density at radius 3 is 2.04 bits per heavy atom. The highest BCUT2D eigenvalue weighted by Gasteiger charge is 2.61. The number of aromatic nitrogens is 3. The normalized spacial score (nSPS) is 11.4. The summed E-state index contributed by atoms with van der Waals surface area (Å²) in [5.74, 6) is -0.168. The molecule has 0 saturated carbocycles. The van der Waals surface area contributed by atoms with Crippen molar-refractivity contribution >= 4 is 6.79 Å². The first-order chi connectivity index (χ1) is 12.8. The summed E-state index contributed by atoms with van der Waals surface area (Å²) in [6.07, 6.45) is -9.65. The molecule has 0 fully saturated rings. The minimum Gasteiger partial charge on any atom is -0.426 e. The highest BCUT2D eigenvalue weighted by Crippen LogP contribution is 2.37. The van der Waals surface area contributed by atoms with Crippen molar-refractivity contribution in [3.8, 4) is 22.8 Å². The minimum absolute atomic E-state index is 0.428. The zero-order valence-electron chi connectivity index (χ0n) is 13.5. The molecule has 0 aliphatic heterocycles. The summed E-state index contributed by atoms with van der Waals surface area (Å²) in [6.45, 7) is 2.00. The molecule has 0 saturated heterocycles. The van der Waals surface area contributed by atoms with Gasteiger partial charge in [-0.1, -0.05) is 30.3 Å². The van der Waals surface area contributed by atoms with Crippen LogP contribution in [0, 0.1) is 0 Å². The number of ether oxygens (including phenoxy) is 1. The maximum Gasteiger partial charge on any atom is 0.499 e. The summed E-state index contributed by atoms with van der Waals surface area (Å²) in [7, 11) is 0. The number of carbonyl (C=O) groups is 1. The summed E-state index contributed by atoms with van der Waals surface area (Å²) < 4.78 is 67.2. The molecule has 142 valence electrons. The third-order valence-electron chi connectivity index (χ3n) is 3.20. The molecule has 0 bridgehead atoms. The van der Waals surface area contributed by atoms with Crippen LogP contribution in [0.2, 0.25) is 0 Å². The van der Waals surface area contributed by atoms with Gasteiger partial charge in [0.25, 0.3) is 0 Å². The van der Waals surface area contributed by atoms with Crippen LogP contribution in [0.3, 0.4) is 0 Å². The van der Waals surface area contributed by atoms with Crippen molar-refractivity contribution in [1.82, 2.24) is 14.8 Å². The molecule has 0 atom stereocenters. The van der Waals surface area contributed by atoms with Crippen LogP contribution in [0.5, 0.6) is 5.75 Å². The van der Waals surface area contributed by atoms with Crippen LogP contribution < -0.4 is 4.74 Å². The number of halogens is 5. The molecule has 0 N–H and O–H groups in total. The van der Waals surface area contributed by atoms with E-state index in [9.17, 15) is 22.0 Å². The largest absolute Gasteiger partial charge is 0.499 e. The number of alkyl halides is 5. The third kappa shape index (κ3) is 4.66. The Morgan fingerprint density at radius 2 is 1.48 bits per heavy atom. The minimum atomic E-state index is -5.79. The van der Waals surface area contributed by atoms with Gasteiger partial charge in [-0.25, -0.2) is 9.67 Å². The second-order valence-corrected chi connectivity index (χ2v) is 4.99. The lowest BCUT2D eigenvalue weighted by Gasteiger charge is -2.20. The molecule has 5 nitrogen and oxygen atoms in total. The van der Waals surface area contributed by atoms with Crippen molar-refractivity contribution < 1.29 is 31.5 Å². The number of rotatable bonds is 4. The summed E-state index contributed by atoms with van der Waals surface area (Å²) >= 11 is 0. The zero-order valence-corrected chi connectivity index (χ0v) is 13.5.